The molecule has 0 atom stereocenters. The van der Waals surface area contributed by atoms with Crippen molar-refractivity contribution >= 4 is 0 Å². The van der Waals surface area contributed by atoms with Gasteiger partial charge in [-0.1, -0.05) is 80.1 Å². The summed E-state index contributed by atoms with van der Waals surface area (Å²) in [5.74, 6) is 0. The van der Waals surface area contributed by atoms with E-state index in [1.165, 1.54) is 28.7 Å². The molecule has 0 saturated heterocycles. The van der Waals surface area contributed by atoms with Crippen molar-refractivity contribution in [3.8, 4) is 11.1 Å². The summed E-state index contributed by atoms with van der Waals surface area (Å²) in [5.41, 5.74) is 5.75. The van der Waals surface area contributed by atoms with Gasteiger partial charge in [-0.25, -0.2) is 0 Å². The molecule has 0 radical (unpaired) electrons. The summed E-state index contributed by atoms with van der Waals surface area (Å²) in [5, 5.41) is 0. The summed E-state index contributed by atoms with van der Waals surface area (Å²) in [6, 6.07) is 17.7. The third kappa shape index (κ3) is 2.33. The lowest BCUT2D eigenvalue weighted by atomic mass is 9.73. The number of rotatable bonds is 6. The van der Waals surface area contributed by atoms with Gasteiger partial charge in [0.1, 0.15) is 0 Å². The van der Waals surface area contributed by atoms with E-state index < -0.39 is 0 Å². The van der Waals surface area contributed by atoms with Crippen LogP contribution >= 0.6 is 0 Å². The number of benzene rings is 2. The summed E-state index contributed by atoms with van der Waals surface area (Å²) in [4.78, 5) is 0. The third-order valence-corrected chi connectivity index (χ3v) is 4.76. The average Bonchev–Trinajstić information content (AvgIpc) is 2.84. The summed E-state index contributed by atoms with van der Waals surface area (Å²) in [6.07, 6.45) is 11.2. The van der Waals surface area contributed by atoms with Crippen molar-refractivity contribution < 1.29 is 0 Å². The highest BCUT2D eigenvalue weighted by atomic mass is 14.4. The maximum absolute atomic E-state index is 4.04. The number of unbranched alkanes of at least 4 members (excludes halogenated alkanes) is 1. The van der Waals surface area contributed by atoms with E-state index >= 15 is 0 Å². The standard InChI is InChI=1S/C22H24/c1-3-5-6-11-17-22(16-4-2)20-14-9-7-12-18(20)19-13-8-10-15-21(19)22/h4,6-15H,2-3,5,16-17H2,1H3/b11-6-. The van der Waals surface area contributed by atoms with Crippen LogP contribution in [-0.4, -0.2) is 0 Å². The van der Waals surface area contributed by atoms with Gasteiger partial charge in [0.25, 0.3) is 0 Å². The van der Waals surface area contributed by atoms with Crippen LogP contribution in [-0.2, 0) is 5.41 Å². The third-order valence-electron chi connectivity index (χ3n) is 4.76. The Hall–Kier alpha value is -2.08. The van der Waals surface area contributed by atoms with Gasteiger partial charge >= 0.3 is 0 Å². The van der Waals surface area contributed by atoms with Crippen LogP contribution in [0.25, 0.3) is 11.1 Å². The fraction of sp³-hybridized carbons (Fsp3) is 0.273. The Morgan fingerprint density at radius 2 is 1.45 bits per heavy atom. The zero-order chi connectivity index (χ0) is 15.4. The first-order chi connectivity index (χ1) is 10.8. The maximum atomic E-state index is 4.04. The molecule has 0 N–H and O–H groups in total. The van der Waals surface area contributed by atoms with Gasteiger partial charge in [0.2, 0.25) is 0 Å². The molecule has 22 heavy (non-hydrogen) atoms. The minimum absolute atomic E-state index is 0.0547. The largest absolute Gasteiger partial charge is 0.103 e. The van der Waals surface area contributed by atoms with Gasteiger partial charge in [0.15, 0.2) is 0 Å². The van der Waals surface area contributed by atoms with Crippen molar-refractivity contribution in [3.63, 3.8) is 0 Å². The summed E-state index contributed by atoms with van der Waals surface area (Å²) >= 11 is 0. The zero-order valence-corrected chi connectivity index (χ0v) is 13.4. The molecule has 2 aromatic rings. The molecule has 3 rings (SSSR count). The fourth-order valence-corrected chi connectivity index (χ4v) is 3.75. The van der Waals surface area contributed by atoms with Crippen LogP contribution in [0.2, 0.25) is 0 Å². The molecule has 112 valence electrons. The van der Waals surface area contributed by atoms with Crippen LogP contribution in [0.3, 0.4) is 0 Å². The van der Waals surface area contributed by atoms with Crippen molar-refractivity contribution in [2.75, 3.05) is 0 Å². The molecule has 0 aromatic heterocycles. The van der Waals surface area contributed by atoms with Gasteiger partial charge in [-0.15, -0.1) is 6.58 Å². The van der Waals surface area contributed by atoms with Crippen molar-refractivity contribution in [2.45, 2.75) is 38.0 Å². The van der Waals surface area contributed by atoms with Crippen molar-refractivity contribution in [1.82, 2.24) is 0 Å². The first-order valence-corrected chi connectivity index (χ1v) is 8.29. The van der Waals surface area contributed by atoms with Gasteiger partial charge in [0.05, 0.1) is 0 Å². The SMILES string of the molecule is C=CCC1(C/C=C\CCC)c2ccccc2-c2ccccc21. The first-order valence-electron chi connectivity index (χ1n) is 8.29. The topological polar surface area (TPSA) is 0 Å². The van der Waals surface area contributed by atoms with Crippen LogP contribution in [0.1, 0.15) is 43.7 Å². The van der Waals surface area contributed by atoms with E-state index in [1.54, 1.807) is 0 Å². The second-order valence-electron chi connectivity index (χ2n) is 6.13. The van der Waals surface area contributed by atoms with Crippen LogP contribution in [0.5, 0.6) is 0 Å². The fourth-order valence-electron chi connectivity index (χ4n) is 3.75. The predicted molar refractivity (Wildman–Crippen MR) is 96.1 cm³/mol. The molecule has 0 spiro atoms. The number of allylic oxidation sites excluding steroid dienone is 3. The van der Waals surface area contributed by atoms with Gasteiger partial charge in [-0.3, -0.25) is 0 Å². The Morgan fingerprint density at radius 3 is 2.00 bits per heavy atom. The van der Waals surface area contributed by atoms with Crippen LogP contribution in [0, 0.1) is 0 Å². The van der Waals surface area contributed by atoms with E-state index in [9.17, 15) is 0 Å². The summed E-state index contributed by atoms with van der Waals surface area (Å²) in [6.45, 7) is 6.26. The average molecular weight is 288 g/mol. The van der Waals surface area contributed by atoms with Crippen molar-refractivity contribution in [3.05, 3.63) is 84.5 Å². The number of hydrogen-bond donors (Lipinski definition) is 0. The molecular formula is C22H24. The molecule has 0 bridgehead atoms. The first kappa shape index (κ1) is 14.8. The highest BCUT2D eigenvalue weighted by molar-refractivity contribution is 5.81. The smallest absolute Gasteiger partial charge is 0.0283 e. The van der Waals surface area contributed by atoms with Gasteiger partial charge < -0.3 is 0 Å². The molecule has 0 amide bonds. The second kappa shape index (κ2) is 6.36. The van der Waals surface area contributed by atoms with Crippen LogP contribution in [0.4, 0.5) is 0 Å². The molecular weight excluding hydrogens is 264 g/mol. The highest BCUT2D eigenvalue weighted by Crippen LogP contribution is 2.52. The minimum atomic E-state index is 0.0547. The van der Waals surface area contributed by atoms with E-state index in [1.807, 2.05) is 0 Å². The molecule has 0 fully saturated rings. The lowest BCUT2D eigenvalue weighted by molar-refractivity contribution is 0.542. The van der Waals surface area contributed by atoms with E-state index in [2.05, 4.69) is 80.3 Å². The lowest BCUT2D eigenvalue weighted by Gasteiger charge is -2.30. The number of fused-ring (bicyclic) bond motifs is 3. The number of hydrogen-bond acceptors (Lipinski definition) is 0. The van der Waals surface area contributed by atoms with E-state index in [0.717, 1.165) is 19.3 Å². The van der Waals surface area contributed by atoms with Gasteiger partial charge in [-0.2, -0.15) is 0 Å². The van der Waals surface area contributed by atoms with Crippen LogP contribution in [0.15, 0.2) is 73.3 Å². The van der Waals surface area contributed by atoms with Crippen LogP contribution < -0.4 is 0 Å². The normalized spacial score (nSPS) is 14.8. The molecule has 0 heterocycles. The van der Waals surface area contributed by atoms with Crippen molar-refractivity contribution in [2.24, 2.45) is 0 Å². The second-order valence-corrected chi connectivity index (χ2v) is 6.13. The molecule has 1 aliphatic carbocycles. The maximum Gasteiger partial charge on any atom is 0.0283 e. The summed E-state index contributed by atoms with van der Waals surface area (Å²) < 4.78 is 0. The Morgan fingerprint density at radius 1 is 0.864 bits per heavy atom. The monoisotopic (exact) mass is 288 g/mol. The predicted octanol–water partition coefficient (Wildman–Crippen LogP) is 6.28. The molecule has 0 aliphatic heterocycles. The van der Waals surface area contributed by atoms with Gasteiger partial charge in [0, 0.05) is 5.41 Å². The van der Waals surface area contributed by atoms with E-state index in [-0.39, 0.29) is 5.41 Å². The Labute approximate surface area is 134 Å². The quantitative estimate of drug-likeness (QED) is 0.549. The molecule has 0 nitrogen and oxygen atoms in total. The zero-order valence-electron chi connectivity index (χ0n) is 13.4. The minimum Gasteiger partial charge on any atom is -0.103 e. The lowest BCUT2D eigenvalue weighted by Crippen LogP contribution is -2.23. The molecule has 0 unspecified atom stereocenters. The molecule has 0 saturated carbocycles. The van der Waals surface area contributed by atoms with E-state index in [4.69, 9.17) is 0 Å². The molecule has 0 heteroatoms. The Balaban J connectivity index is 2.13. The molecule has 1 aliphatic rings. The Kier molecular flexibility index (Phi) is 4.29. The highest BCUT2D eigenvalue weighted by Gasteiger charge is 2.40. The molecule has 2 aromatic carbocycles. The van der Waals surface area contributed by atoms with Gasteiger partial charge in [-0.05, 0) is 41.5 Å². The Bertz CT molecular complexity index is 645. The van der Waals surface area contributed by atoms with Crippen molar-refractivity contribution in [1.29, 1.82) is 0 Å². The summed E-state index contributed by atoms with van der Waals surface area (Å²) in [7, 11) is 0. The van der Waals surface area contributed by atoms with E-state index in [0.29, 0.717) is 0 Å².